The molecule has 4 bridgehead atoms. The zero-order chi connectivity index (χ0) is 13.1. The fourth-order valence-corrected chi connectivity index (χ4v) is 5.29. The largest absolute Gasteiger partial charge is 0.477 e. The Hall–Kier alpha value is -1.45. The van der Waals surface area contributed by atoms with Gasteiger partial charge in [-0.25, -0.2) is 4.79 Å². The van der Waals surface area contributed by atoms with Gasteiger partial charge >= 0.3 is 5.97 Å². The number of hydrogen-bond donors (Lipinski definition) is 2. The predicted octanol–water partition coefficient (Wildman–Crippen LogP) is 3.10. The molecule has 0 atom stereocenters. The lowest BCUT2D eigenvalue weighted by Crippen LogP contribution is -2.44. The van der Waals surface area contributed by atoms with Crippen molar-refractivity contribution in [2.45, 2.75) is 38.0 Å². The molecule has 0 saturated heterocycles. The average Bonchev–Trinajstić information content (AvgIpc) is 2.69. The Bertz CT molecular complexity index is 505. The van der Waals surface area contributed by atoms with E-state index in [4.69, 9.17) is 10.2 Å². The number of aromatic carboxylic acids is 1. The van der Waals surface area contributed by atoms with E-state index in [9.17, 15) is 9.90 Å². The second-order valence-corrected chi connectivity index (χ2v) is 6.69. The van der Waals surface area contributed by atoms with Gasteiger partial charge in [0.05, 0.1) is 6.26 Å². The zero-order valence-electron chi connectivity index (χ0n) is 10.8. The highest BCUT2D eigenvalue weighted by molar-refractivity contribution is 5.94. The number of carboxylic acid groups (broad SMARTS) is 1. The van der Waals surface area contributed by atoms with E-state index in [0.717, 1.165) is 17.4 Å². The van der Waals surface area contributed by atoms with Gasteiger partial charge in [-0.05, 0) is 61.7 Å². The molecule has 1 heterocycles. The summed E-state index contributed by atoms with van der Waals surface area (Å²) in [4.78, 5) is 11.4. The van der Waals surface area contributed by atoms with Gasteiger partial charge in [-0.15, -0.1) is 0 Å². The zero-order valence-corrected chi connectivity index (χ0v) is 10.8. The van der Waals surface area contributed by atoms with Crippen LogP contribution in [0.3, 0.4) is 0 Å². The smallest absolute Gasteiger partial charge is 0.341 e. The molecule has 4 heteroatoms. The SMILES string of the molecule is Nc1occ(C2C3CC4CC(C3)CC2C4)c1C(=O)O. The molecule has 4 aliphatic rings. The van der Waals surface area contributed by atoms with E-state index >= 15 is 0 Å². The van der Waals surface area contributed by atoms with Crippen molar-refractivity contribution in [1.29, 1.82) is 0 Å². The van der Waals surface area contributed by atoms with Crippen LogP contribution in [0, 0.1) is 23.7 Å². The van der Waals surface area contributed by atoms with E-state index in [1.165, 1.54) is 32.1 Å². The lowest BCUT2D eigenvalue weighted by molar-refractivity contribution is -0.00328. The minimum Gasteiger partial charge on any atom is -0.477 e. The summed E-state index contributed by atoms with van der Waals surface area (Å²) in [5.41, 5.74) is 6.77. The van der Waals surface area contributed by atoms with Crippen LogP contribution in [0.2, 0.25) is 0 Å². The van der Waals surface area contributed by atoms with Crippen LogP contribution >= 0.6 is 0 Å². The van der Waals surface area contributed by atoms with Crippen LogP contribution in [0.5, 0.6) is 0 Å². The third kappa shape index (κ3) is 1.55. The van der Waals surface area contributed by atoms with Crippen LogP contribution in [0.4, 0.5) is 5.88 Å². The predicted molar refractivity (Wildman–Crippen MR) is 69.9 cm³/mol. The summed E-state index contributed by atoms with van der Waals surface area (Å²) in [7, 11) is 0. The number of carbonyl (C=O) groups is 1. The second kappa shape index (κ2) is 3.78. The van der Waals surface area contributed by atoms with Crippen molar-refractivity contribution in [3.05, 3.63) is 17.4 Å². The van der Waals surface area contributed by atoms with Gasteiger partial charge in [0.2, 0.25) is 5.88 Å². The Labute approximate surface area is 112 Å². The maximum absolute atomic E-state index is 11.4. The monoisotopic (exact) mass is 261 g/mol. The van der Waals surface area contributed by atoms with Crippen LogP contribution in [0.25, 0.3) is 0 Å². The normalized spacial score (nSPS) is 39.7. The van der Waals surface area contributed by atoms with Crippen LogP contribution < -0.4 is 5.73 Å². The molecule has 0 unspecified atom stereocenters. The highest BCUT2D eigenvalue weighted by Gasteiger charge is 2.50. The number of rotatable bonds is 2. The molecular formula is C15H19NO3. The van der Waals surface area contributed by atoms with Crippen molar-refractivity contribution in [1.82, 2.24) is 0 Å². The van der Waals surface area contributed by atoms with Crippen LogP contribution in [0.1, 0.15) is 53.9 Å². The van der Waals surface area contributed by atoms with E-state index in [1.807, 2.05) is 0 Å². The maximum Gasteiger partial charge on any atom is 0.341 e. The Balaban J connectivity index is 1.75. The summed E-state index contributed by atoms with van der Waals surface area (Å²) in [5, 5.41) is 9.35. The Morgan fingerprint density at radius 2 is 1.74 bits per heavy atom. The molecule has 0 amide bonds. The summed E-state index contributed by atoms with van der Waals surface area (Å²) in [6.07, 6.45) is 8.07. The third-order valence-electron chi connectivity index (χ3n) is 5.65. The molecule has 0 aliphatic heterocycles. The average molecular weight is 261 g/mol. The van der Waals surface area contributed by atoms with Crippen molar-refractivity contribution < 1.29 is 14.3 Å². The first-order chi connectivity index (χ1) is 9.13. The lowest BCUT2D eigenvalue weighted by Gasteiger charge is -2.54. The number of carboxylic acids is 1. The fourth-order valence-electron chi connectivity index (χ4n) is 5.29. The van der Waals surface area contributed by atoms with E-state index in [0.29, 0.717) is 17.8 Å². The molecule has 102 valence electrons. The summed E-state index contributed by atoms with van der Waals surface area (Å²) in [6.45, 7) is 0. The number of furan rings is 1. The first-order valence-electron chi connectivity index (χ1n) is 7.23. The van der Waals surface area contributed by atoms with Gasteiger partial charge in [0.1, 0.15) is 5.56 Å². The topological polar surface area (TPSA) is 76.5 Å². The van der Waals surface area contributed by atoms with Gasteiger partial charge in [-0.2, -0.15) is 0 Å². The maximum atomic E-state index is 11.4. The Morgan fingerprint density at radius 3 is 2.26 bits per heavy atom. The summed E-state index contributed by atoms with van der Waals surface area (Å²) < 4.78 is 5.21. The highest BCUT2D eigenvalue weighted by atomic mass is 16.4. The molecule has 5 rings (SSSR count). The van der Waals surface area contributed by atoms with Crippen molar-refractivity contribution in [3.63, 3.8) is 0 Å². The summed E-state index contributed by atoms with van der Waals surface area (Å²) in [5.74, 6) is 2.54. The van der Waals surface area contributed by atoms with Crippen LogP contribution in [-0.2, 0) is 0 Å². The third-order valence-corrected chi connectivity index (χ3v) is 5.65. The van der Waals surface area contributed by atoms with E-state index in [2.05, 4.69) is 0 Å². The van der Waals surface area contributed by atoms with Gasteiger partial charge in [0.15, 0.2) is 0 Å². The van der Waals surface area contributed by atoms with E-state index < -0.39 is 5.97 Å². The number of anilines is 1. The van der Waals surface area contributed by atoms with Crippen molar-refractivity contribution in [2.24, 2.45) is 23.7 Å². The number of nitrogen functional groups attached to an aromatic ring is 1. The molecule has 0 aromatic carbocycles. The van der Waals surface area contributed by atoms with Crippen LogP contribution in [0.15, 0.2) is 10.7 Å². The van der Waals surface area contributed by atoms with Gasteiger partial charge in [-0.3, -0.25) is 0 Å². The summed E-state index contributed by atoms with van der Waals surface area (Å²) >= 11 is 0. The van der Waals surface area contributed by atoms with Gasteiger partial charge in [-0.1, -0.05) is 0 Å². The standard InChI is InChI=1S/C15H19NO3/c16-14-13(15(17)18)11(6-19-14)12-9-2-7-1-8(4-9)5-10(12)3-7/h6-10,12H,1-5,16H2,(H,17,18). The molecule has 0 spiro atoms. The molecule has 19 heavy (non-hydrogen) atoms. The second-order valence-electron chi connectivity index (χ2n) is 6.69. The number of nitrogens with two attached hydrogens (primary N) is 1. The minimum atomic E-state index is -0.949. The number of hydrogen-bond acceptors (Lipinski definition) is 3. The van der Waals surface area contributed by atoms with E-state index in [-0.39, 0.29) is 11.4 Å². The molecule has 4 saturated carbocycles. The minimum absolute atomic E-state index is 0.0660. The molecule has 0 radical (unpaired) electrons. The quantitative estimate of drug-likeness (QED) is 0.857. The molecule has 4 nitrogen and oxygen atoms in total. The molecule has 4 fully saturated rings. The Kier molecular flexibility index (Phi) is 2.26. The molecule has 1 aromatic heterocycles. The molecule has 4 aliphatic carbocycles. The molecule has 1 aromatic rings. The fraction of sp³-hybridized carbons (Fsp3) is 0.667. The van der Waals surface area contributed by atoms with Crippen molar-refractivity contribution in [3.8, 4) is 0 Å². The summed E-state index contributed by atoms with van der Waals surface area (Å²) in [6, 6.07) is 0. The van der Waals surface area contributed by atoms with E-state index in [1.54, 1.807) is 6.26 Å². The first kappa shape index (κ1) is 11.4. The molecular weight excluding hydrogens is 242 g/mol. The first-order valence-corrected chi connectivity index (χ1v) is 7.23. The highest BCUT2D eigenvalue weighted by Crippen LogP contribution is 2.60. The van der Waals surface area contributed by atoms with Crippen LogP contribution in [-0.4, -0.2) is 11.1 Å². The molecule has 3 N–H and O–H groups in total. The van der Waals surface area contributed by atoms with Gasteiger partial charge in [0.25, 0.3) is 0 Å². The van der Waals surface area contributed by atoms with Gasteiger partial charge in [0, 0.05) is 5.56 Å². The van der Waals surface area contributed by atoms with Crippen molar-refractivity contribution >= 4 is 11.9 Å². The Morgan fingerprint density at radius 1 is 1.16 bits per heavy atom. The van der Waals surface area contributed by atoms with Crippen molar-refractivity contribution in [2.75, 3.05) is 5.73 Å². The lowest BCUT2D eigenvalue weighted by atomic mass is 9.50. The van der Waals surface area contributed by atoms with Gasteiger partial charge < -0.3 is 15.3 Å².